The molecule has 4 rings (SSSR count). The molecule has 6 heteroatoms. The average Bonchev–Trinajstić information content (AvgIpc) is 2.78. The summed E-state index contributed by atoms with van der Waals surface area (Å²) < 4.78 is 18.7. The lowest BCUT2D eigenvalue weighted by Crippen LogP contribution is -2.37. The van der Waals surface area contributed by atoms with Crippen LogP contribution in [-0.2, 0) is 4.74 Å². The summed E-state index contributed by atoms with van der Waals surface area (Å²) in [7, 11) is 0. The number of anilines is 1. The molecule has 1 aliphatic heterocycles. The van der Waals surface area contributed by atoms with E-state index < -0.39 is 0 Å². The number of hydrogen-bond acceptors (Lipinski definition) is 5. The predicted octanol–water partition coefficient (Wildman–Crippen LogP) is 4.08. The summed E-state index contributed by atoms with van der Waals surface area (Å²) in [6.07, 6.45) is 1.02. The van der Waals surface area contributed by atoms with Crippen molar-refractivity contribution in [2.45, 2.75) is 6.42 Å². The minimum absolute atomic E-state index is 0.257. The summed E-state index contributed by atoms with van der Waals surface area (Å²) in [4.78, 5) is 11.8. The summed E-state index contributed by atoms with van der Waals surface area (Å²) in [5, 5.41) is 3.43. The number of rotatable bonds is 7. The van der Waals surface area contributed by atoms with Crippen LogP contribution < -0.4 is 5.32 Å². The third-order valence-electron chi connectivity index (χ3n) is 4.96. The first-order valence-corrected chi connectivity index (χ1v) is 10.0. The molecular weight excluding hydrogens is 367 g/mol. The smallest absolute Gasteiger partial charge is 0.162 e. The molecule has 5 nitrogen and oxygen atoms in total. The van der Waals surface area contributed by atoms with E-state index in [0.717, 1.165) is 68.5 Å². The van der Waals surface area contributed by atoms with Gasteiger partial charge in [-0.3, -0.25) is 4.90 Å². The molecular formula is C23H25FN4O. The molecule has 1 aliphatic rings. The second kappa shape index (κ2) is 9.58. The number of morpholine rings is 1. The fraction of sp³-hybridized carbons (Fsp3) is 0.304. The van der Waals surface area contributed by atoms with Crippen molar-refractivity contribution in [3.63, 3.8) is 0 Å². The van der Waals surface area contributed by atoms with E-state index >= 15 is 0 Å². The minimum atomic E-state index is -0.257. The van der Waals surface area contributed by atoms with Gasteiger partial charge in [0.05, 0.1) is 18.9 Å². The van der Waals surface area contributed by atoms with Gasteiger partial charge in [0.15, 0.2) is 5.82 Å². The second-order valence-electron chi connectivity index (χ2n) is 7.07. The molecule has 2 heterocycles. The number of nitrogens with zero attached hydrogens (tertiary/aromatic N) is 3. The Morgan fingerprint density at radius 1 is 0.931 bits per heavy atom. The van der Waals surface area contributed by atoms with Gasteiger partial charge in [-0.1, -0.05) is 30.3 Å². The highest BCUT2D eigenvalue weighted by molar-refractivity contribution is 5.67. The fourth-order valence-corrected chi connectivity index (χ4v) is 3.37. The number of hydrogen-bond donors (Lipinski definition) is 1. The quantitative estimate of drug-likeness (QED) is 0.614. The van der Waals surface area contributed by atoms with Gasteiger partial charge in [-0.05, 0) is 37.2 Å². The van der Waals surface area contributed by atoms with Gasteiger partial charge in [-0.25, -0.2) is 14.4 Å². The zero-order chi connectivity index (χ0) is 19.9. The van der Waals surface area contributed by atoms with E-state index in [1.165, 1.54) is 12.1 Å². The molecule has 0 aliphatic carbocycles. The van der Waals surface area contributed by atoms with Crippen LogP contribution >= 0.6 is 0 Å². The molecule has 1 saturated heterocycles. The highest BCUT2D eigenvalue weighted by Gasteiger charge is 2.11. The zero-order valence-corrected chi connectivity index (χ0v) is 16.4. The molecule has 3 aromatic rings. The fourth-order valence-electron chi connectivity index (χ4n) is 3.37. The van der Waals surface area contributed by atoms with Crippen LogP contribution in [-0.4, -0.2) is 54.3 Å². The number of benzene rings is 2. The van der Waals surface area contributed by atoms with Crippen molar-refractivity contribution >= 4 is 5.82 Å². The Bertz CT molecular complexity index is 912. The van der Waals surface area contributed by atoms with Gasteiger partial charge in [0.1, 0.15) is 11.6 Å². The van der Waals surface area contributed by atoms with Crippen molar-refractivity contribution in [3.8, 4) is 22.6 Å². The van der Waals surface area contributed by atoms with Crippen LogP contribution in [0.4, 0.5) is 10.2 Å². The standard InChI is InChI=1S/C23H25FN4O/c24-20-9-7-18(8-10-20)21-17-22(25-11-4-12-28-13-15-29-16-14-28)27-23(26-21)19-5-2-1-3-6-19/h1-3,5-10,17H,4,11-16H2,(H,25,26,27). The third kappa shape index (κ3) is 5.37. The van der Waals surface area contributed by atoms with Gasteiger partial charge in [0.2, 0.25) is 0 Å². The SMILES string of the molecule is Fc1ccc(-c2cc(NCCCN3CCOCC3)nc(-c3ccccc3)n2)cc1. The Morgan fingerprint density at radius 2 is 1.69 bits per heavy atom. The topological polar surface area (TPSA) is 50.3 Å². The average molecular weight is 392 g/mol. The summed E-state index contributed by atoms with van der Waals surface area (Å²) >= 11 is 0. The van der Waals surface area contributed by atoms with E-state index in [4.69, 9.17) is 14.7 Å². The van der Waals surface area contributed by atoms with Crippen molar-refractivity contribution in [2.24, 2.45) is 0 Å². The highest BCUT2D eigenvalue weighted by Crippen LogP contribution is 2.24. The summed E-state index contributed by atoms with van der Waals surface area (Å²) in [6, 6.07) is 18.2. The van der Waals surface area contributed by atoms with Crippen LogP contribution in [0.2, 0.25) is 0 Å². The lowest BCUT2D eigenvalue weighted by atomic mass is 10.1. The molecule has 0 saturated carbocycles. The first kappa shape index (κ1) is 19.5. The van der Waals surface area contributed by atoms with Gasteiger partial charge >= 0.3 is 0 Å². The van der Waals surface area contributed by atoms with Crippen LogP contribution in [0, 0.1) is 5.82 Å². The Hall–Kier alpha value is -2.83. The van der Waals surface area contributed by atoms with Crippen molar-refractivity contribution < 1.29 is 9.13 Å². The summed E-state index contributed by atoms with van der Waals surface area (Å²) in [5.74, 6) is 1.18. The van der Waals surface area contributed by atoms with E-state index in [1.807, 2.05) is 36.4 Å². The molecule has 0 bridgehead atoms. The minimum Gasteiger partial charge on any atom is -0.379 e. The third-order valence-corrected chi connectivity index (χ3v) is 4.96. The molecule has 150 valence electrons. The molecule has 0 spiro atoms. The van der Waals surface area contributed by atoms with E-state index in [1.54, 1.807) is 12.1 Å². The Labute approximate surface area is 170 Å². The van der Waals surface area contributed by atoms with Gasteiger partial charge in [-0.15, -0.1) is 0 Å². The molecule has 29 heavy (non-hydrogen) atoms. The maximum atomic E-state index is 13.3. The van der Waals surface area contributed by atoms with Crippen molar-refractivity contribution in [3.05, 3.63) is 66.5 Å². The van der Waals surface area contributed by atoms with Crippen molar-refractivity contribution in [1.82, 2.24) is 14.9 Å². The Kier molecular flexibility index (Phi) is 6.44. The highest BCUT2D eigenvalue weighted by atomic mass is 19.1. The van der Waals surface area contributed by atoms with Crippen molar-refractivity contribution in [2.75, 3.05) is 44.7 Å². The van der Waals surface area contributed by atoms with Gasteiger partial charge in [0.25, 0.3) is 0 Å². The Morgan fingerprint density at radius 3 is 2.45 bits per heavy atom. The molecule has 1 fully saturated rings. The number of aromatic nitrogens is 2. The molecule has 0 amide bonds. The maximum absolute atomic E-state index is 13.3. The zero-order valence-electron chi connectivity index (χ0n) is 16.4. The molecule has 0 radical (unpaired) electrons. The first-order valence-electron chi connectivity index (χ1n) is 10.0. The molecule has 0 unspecified atom stereocenters. The second-order valence-corrected chi connectivity index (χ2v) is 7.07. The van der Waals surface area contributed by atoms with E-state index in [9.17, 15) is 4.39 Å². The van der Waals surface area contributed by atoms with E-state index in [0.29, 0.717) is 5.82 Å². The molecule has 2 aromatic carbocycles. The monoisotopic (exact) mass is 392 g/mol. The van der Waals surface area contributed by atoms with Crippen molar-refractivity contribution in [1.29, 1.82) is 0 Å². The lowest BCUT2D eigenvalue weighted by Gasteiger charge is -2.26. The van der Waals surface area contributed by atoms with Crippen LogP contribution in [0.15, 0.2) is 60.7 Å². The van der Waals surface area contributed by atoms with Crippen LogP contribution in [0.3, 0.4) is 0 Å². The molecule has 1 aromatic heterocycles. The van der Waals surface area contributed by atoms with Crippen LogP contribution in [0.5, 0.6) is 0 Å². The van der Waals surface area contributed by atoms with Gasteiger partial charge < -0.3 is 10.1 Å². The molecule has 1 N–H and O–H groups in total. The number of ether oxygens (including phenoxy) is 1. The van der Waals surface area contributed by atoms with E-state index in [-0.39, 0.29) is 5.82 Å². The lowest BCUT2D eigenvalue weighted by molar-refractivity contribution is 0.0378. The first-order chi connectivity index (χ1) is 14.3. The normalized spacial score (nSPS) is 14.7. The Balaban J connectivity index is 1.50. The summed E-state index contributed by atoms with van der Waals surface area (Å²) in [6.45, 7) is 5.51. The summed E-state index contributed by atoms with van der Waals surface area (Å²) in [5.41, 5.74) is 2.59. The van der Waals surface area contributed by atoms with Gasteiger partial charge in [0, 0.05) is 36.8 Å². The van der Waals surface area contributed by atoms with Crippen LogP contribution in [0.25, 0.3) is 22.6 Å². The largest absolute Gasteiger partial charge is 0.379 e. The predicted molar refractivity (Wildman–Crippen MR) is 113 cm³/mol. The van der Waals surface area contributed by atoms with Gasteiger partial charge in [-0.2, -0.15) is 0 Å². The maximum Gasteiger partial charge on any atom is 0.162 e. The van der Waals surface area contributed by atoms with Crippen LogP contribution in [0.1, 0.15) is 6.42 Å². The number of halogens is 1. The van der Waals surface area contributed by atoms with E-state index in [2.05, 4.69) is 10.2 Å². The molecule has 0 atom stereocenters. The number of nitrogens with one attached hydrogen (secondary N) is 1.